The summed E-state index contributed by atoms with van der Waals surface area (Å²) in [6, 6.07) is 5.01. The monoisotopic (exact) mass is 371 g/mol. The summed E-state index contributed by atoms with van der Waals surface area (Å²) in [5.74, 6) is -0.252. The maximum Gasteiger partial charge on any atom is 0.243 e. The van der Waals surface area contributed by atoms with Crippen LogP contribution in [0, 0.1) is 5.82 Å². The second-order valence-corrected chi connectivity index (χ2v) is 7.71. The van der Waals surface area contributed by atoms with E-state index < -0.39 is 15.8 Å². The van der Waals surface area contributed by atoms with Crippen molar-refractivity contribution in [2.45, 2.75) is 23.8 Å². The molecule has 1 aromatic carbocycles. The Hall–Kier alpha value is -1.77. The first kappa shape index (κ1) is 17.1. The minimum atomic E-state index is -3.76. The molecule has 2 aromatic rings. The van der Waals surface area contributed by atoms with Crippen LogP contribution < -0.4 is 4.74 Å². The van der Waals surface area contributed by atoms with E-state index in [0.29, 0.717) is 18.8 Å². The number of ether oxygens (including phenoxy) is 1. The fraction of sp³-hybridized carbons (Fsp3) is 0.333. The summed E-state index contributed by atoms with van der Waals surface area (Å²) in [7, 11) is -3.76. The van der Waals surface area contributed by atoms with Gasteiger partial charge in [-0.05, 0) is 31.0 Å². The summed E-state index contributed by atoms with van der Waals surface area (Å²) < 4.78 is 45.7. The number of sulfonamides is 1. The fourth-order valence-corrected chi connectivity index (χ4v) is 4.31. The third-order valence-electron chi connectivity index (χ3n) is 3.71. The van der Waals surface area contributed by atoms with Crippen LogP contribution in [0.3, 0.4) is 0 Å². The quantitative estimate of drug-likeness (QED) is 0.825. The Bertz CT molecular complexity index is 820. The molecule has 0 N–H and O–H groups in total. The molecule has 1 aliphatic rings. The molecule has 2 heterocycles. The van der Waals surface area contributed by atoms with Crippen LogP contribution in [0.5, 0.6) is 5.88 Å². The average Bonchev–Trinajstić information content (AvgIpc) is 2.58. The van der Waals surface area contributed by atoms with Gasteiger partial charge in [0.1, 0.15) is 18.2 Å². The van der Waals surface area contributed by atoms with Gasteiger partial charge in [-0.3, -0.25) is 0 Å². The Balaban J connectivity index is 1.77. The van der Waals surface area contributed by atoms with Crippen LogP contribution in [-0.4, -0.2) is 41.9 Å². The average molecular weight is 372 g/mol. The Morgan fingerprint density at radius 2 is 2.17 bits per heavy atom. The van der Waals surface area contributed by atoms with Crippen molar-refractivity contribution in [1.29, 1.82) is 0 Å². The number of halogens is 2. The number of nitrogens with zero attached hydrogens (tertiary/aromatic N) is 3. The van der Waals surface area contributed by atoms with Crippen LogP contribution in [0.25, 0.3) is 0 Å². The second-order valence-electron chi connectivity index (χ2n) is 5.37. The molecule has 128 valence electrons. The predicted octanol–water partition coefficient (Wildman–Crippen LogP) is 2.50. The number of piperidine rings is 1. The molecular formula is C15H15ClFN3O3S. The summed E-state index contributed by atoms with van der Waals surface area (Å²) in [6.07, 6.45) is 4.00. The van der Waals surface area contributed by atoms with Gasteiger partial charge >= 0.3 is 0 Å². The molecule has 1 aliphatic heterocycles. The molecule has 9 heteroatoms. The van der Waals surface area contributed by atoms with E-state index in [2.05, 4.69) is 9.97 Å². The maximum absolute atomic E-state index is 13.3. The maximum atomic E-state index is 13.3. The van der Waals surface area contributed by atoms with Crippen molar-refractivity contribution in [2.24, 2.45) is 0 Å². The van der Waals surface area contributed by atoms with Crippen molar-refractivity contribution >= 4 is 21.6 Å². The summed E-state index contributed by atoms with van der Waals surface area (Å²) in [6.45, 7) is 0.572. The largest absolute Gasteiger partial charge is 0.473 e. The van der Waals surface area contributed by atoms with Crippen LogP contribution in [0.15, 0.2) is 41.7 Å². The van der Waals surface area contributed by atoms with E-state index in [0.717, 1.165) is 18.6 Å². The lowest BCUT2D eigenvalue weighted by Crippen LogP contribution is -2.44. The lowest BCUT2D eigenvalue weighted by molar-refractivity contribution is 0.124. The van der Waals surface area contributed by atoms with E-state index in [1.165, 1.54) is 16.7 Å². The van der Waals surface area contributed by atoms with Crippen molar-refractivity contribution in [3.05, 3.63) is 47.6 Å². The molecule has 1 atom stereocenters. The summed E-state index contributed by atoms with van der Waals surface area (Å²) in [5, 5.41) is -0.220. The van der Waals surface area contributed by atoms with E-state index >= 15 is 0 Å². The zero-order valence-corrected chi connectivity index (χ0v) is 14.2. The highest BCUT2D eigenvalue weighted by Crippen LogP contribution is 2.25. The first-order valence-corrected chi connectivity index (χ1v) is 9.16. The van der Waals surface area contributed by atoms with Gasteiger partial charge in [0.25, 0.3) is 0 Å². The number of benzene rings is 1. The van der Waals surface area contributed by atoms with Gasteiger partial charge in [0, 0.05) is 18.8 Å². The molecule has 1 saturated heterocycles. The third kappa shape index (κ3) is 3.66. The van der Waals surface area contributed by atoms with E-state index in [1.807, 2.05) is 0 Å². The van der Waals surface area contributed by atoms with E-state index in [9.17, 15) is 12.8 Å². The Kier molecular flexibility index (Phi) is 4.98. The van der Waals surface area contributed by atoms with Gasteiger partial charge in [-0.15, -0.1) is 0 Å². The third-order valence-corrected chi connectivity index (χ3v) is 5.86. The fourth-order valence-electron chi connectivity index (χ4n) is 2.52. The van der Waals surface area contributed by atoms with Crippen LogP contribution in [0.2, 0.25) is 5.02 Å². The van der Waals surface area contributed by atoms with Crippen LogP contribution >= 0.6 is 11.6 Å². The minimum absolute atomic E-state index is 0.0309. The Morgan fingerprint density at radius 3 is 2.88 bits per heavy atom. The molecule has 1 fully saturated rings. The smallest absolute Gasteiger partial charge is 0.243 e. The number of aromatic nitrogens is 2. The number of rotatable bonds is 4. The van der Waals surface area contributed by atoms with Crippen molar-refractivity contribution in [3.63, 3.8) is 0 Å². The van der Waals surface area contributed by atoms with E-state index in [4.69, 9.17) is 16.3 Å². The van der Waals surface area contributed by atoms with E-state index in [1.54, 1.807) is 12.3 Å². The zero-order chi connectivity index (χ0) is 17.2. The summed E-state index contributed by atoms with van der Waals surface area (Å²) in [4.78, 5) is 7.76. The van der Waals surface area contributed by atoms with Crippen molar-refractivity contribution < 1.29 is 17.5 Å². The van der Waals surface area contributed by atoms with E-state index in [-0.39, 0.29) is 22.6 Å². The first-order chi connectivity index (χ1) is 11.5. The van der Waals surface area contributed by atoms with Crippen molar-refractivity contribution in [2.75, 3.05) is 13.1 Å². The molecule has 0 saturated carbocycles. The molecule has 0 bridgehead atoms. The first-order valence-electron chi connectivity index (χ1n) is 7.35. The van der Waals surface area contributed by atoms with Crippen LogP contribution in [0.1, 0.15) is 12.8 Å². The molecule has 0 radical (unpaired) electrons. The van der Waals surface area contributed by atoms with Crippen LogP contribution in [0.4, 0.5) is 4.39 Å². The molecule has 0 aliphatic carbocycles. The Labute approximate surface area is 144 Å². The lowest BCUT2D eigenvalue weighted by Gasteiger charge is -2.31. The molecule has 24 heavy (non-hydrogen) atoms. The highest BCUT2D eigenvalue weighted by Gasteiger charge is 2.31. The number of hydrogen-bond donors (Lipinski definition) is 0. The standard InChI is InChI=1S/C15H15ClFN3O3S/c16-13-8-12(3-4-14(13)17)24(21,22)20-7-1-2-11(9-20)23-15-5-6-18-10-19-15/h3-6,8,10-11H,1-2,7,9H2/t11-/m0/s1. The minimum Gasteiger partial charge on any atom is -0.473 e. The summed E-state index contributed by atoms with van der Waals surface area (Å²) in [5.41, 5.74) is 0. The summed E-state index contributed by atoms with van der Waals surface area (Å²) >= 11 is 5.70. The highest BCUT2D eigenvalue weighted by atomic mass is 35.5. The SMILES string of the molecule is O=S(=O)(c1ccc(F)c(Cl)c1)N1CCC[C@H](Oc2ccncn2)C1. The van der Waals surface area contributed by atoms with Gasteiger partial charge in [-0.2, -0.15) is 4.31 Å². The molecule has 0 spiro atoms. The second kappa shape index (κ2) is 7.00. The Morgan fingerprint density at radius 1 is 1.33 bits per heavy atom. The van der Waals surface area contributed by atoms with Gasteiger partial charge in [-0.25, -0.2) is 22.8 Å². The van der Waals surface area contributed by atoms with Gasteiger partial charge in [0.15, 0.2) is 0 Å². The molecular weight excluding hydrogens is 357 g/mol. The molecule has 6 nitrogen and oxygen atoms in total. The highest BCUT2D eigenvalue weighted by molar-refractivity contribution is 7.89. The van der Waals surface area contributed by atoms with Gasteiger partial charge in [0.2, 0.25) is 15.9 Å². The predicted molar refractivity (Wildman–Crippen MR) is 85.9 cm³/mol. The van der Waals surface area contributed by atoms with Crippen LogP contribution in [-0.2, 0) is 10.0 Å². The normalized spacial score (nSPS) is 19.2. The van der Waals surface area contributed by atoms with Crippen molar-refractivity contribution in [3.8, 4) is 5.88 Å². The van der Waals surface area contributed by atoms with Gasteiger partial charge in [-0.1, -0.05) is 11.6 Å². The molecule has 1 aromatic heterocycles. The topological polar surface area (TPSA) is 72.4 Å². The molecule has 0 amide bonds. The molecule has 3 rings (SSSR count). The zero-order valence-electron chi connectivity index (χ0n) is 12.6. The molecule has 0 unspecified atom stereocenters. The number of hydrogen-bond acceptors (Lipinski definition) is 5. The van der Waals surface area contributed by atoms with Crippen molar-refractivity contribution in [1.82, 2.24) is 14.3 Å². The van der Waals surface area contributed by atoms with Gasteiger partial charge in [0.05, 0.1) is 16.5 Å². The lowest BCUT2D eigenvalue weighted by atomic mass is 10.1. The van der Waals surface area contributed by atoms with Gasteiger partial charge < -0.3 is 4.74 Å².